The van der Waals surface area contributed by atoms with E-state index in [-0.39, 0.29) is 18.2 Å². The van der Waals surface area contributed by atoms with Gasteiger partial charge in [-0.3, -0.25) is 10.1 Å². The van der Waals surface area contributed by atoms with Crippen LogP contribution >= 0.6 is 0 Å². The second kappa shape index (κ2) is 5.23. The van der Waals surface area contributed by atoms with Crippen LogP contribution in [0.4, 0.5) is 11.4 Å². The number of carbonyl (C=O) groups is 1. The second-order valence-corrected chi connectivity index (χ2v) is 4.44. The Labute approximate surface area is 109 Å². The molecule has 1 atom stereocenters. The van der Waals surface area contributed by atoms with Crippen LogP contribution < -0.4 is 4.90 Å². The lowest BCUT2D eigenvalue weighted by Crippen LogP contribution is -2.32. The van der Waals surface area contributed by atoms with Crippen molar-refractivity contribution in [3.8, 4) is 0 Å². The van der Waals surface area contributed by atoms with Crippen LogP contribution in [-0.2, 0) is 0 Å². The fourth-order valence-corrected chi connectivity index (χ4v) is 2.40. The molecule has 19 heavy (non-hydrogen) atoms. The van der Waals surface area contributed by atoms with Gasteiger partial charge in [0.15, 0.2) is 0 Å². The van der Waals surface area contributed by atoms with Gasteiger partial charge in [0.25, 0.3) is 5.69 Å². The van der Waals surface area contributed by atoms with Gasteiger partial charge in [-0.1, -0.05) is 0 Å². The van der Waals surface area contributed by atoms with Gasteiger partial charge < -0.3 is 15.1 Å². The lowest BCUT2D eigenvalue weighted by atomic mass is 10.1. The average molecular weight is 266 g/mol. The van der Waals surface area contributed by atoms with E-state index in [0.29, 0.717) is 12.2 Å². The predicted octanol–water partition coefficient (Wildman–Crippen LogP) is 1.25. The number of aliphatic hydroxyl groups is 1. The number of nitro benzene ring substituents is 1. The molecule has 0 aromatic heterocycles. The van der Waals surface area contributed by atoms with Gasteiger partial charge in [0.05, 0.1) is 17.6 Å². The Hall–Kier alpha value is -2.15. The summed E-state index contributed by atoms with van der Waals surface area (Å²) >= 11 is 0. The lowest BCUT2D eigenvalue weighted by Gasteiger charge is -2.25. The van der Waals surface area contributed by atoms with Crippen molar-refractivity contribution >= 4 is 17.3 Å². The first-order chi connectivity index (χ1) is 9.04. The van der Waals surface area contributed by atoms with Crippen molar-refractivity contribution in [3.63, 3.8) is 0 Å². The van der Waals surface area contributed by atoms with E-state index in [4.69, 9.17) is 5.11 Å². The summed E-state index contributed by atoms with van der Waals surface area (Å²) in [6.45, 7) is 0.696. The molecule has 1 fully saturated rings. The largest absolute Gasteiger partial charge is 0.477 e. The Balaban J connectivity index is 2.40. The molecule has 1 aromatic carbocycles. The second-order valence-electron chi connectivity index (χ2n) is 4.44. The number of carboxylic acid groups (broad SMARTS) is 1. The highest BCUT2D eigenvalue weighted by Crippen LogP contribution is 2.29. The van der Waals surface area contributed by atoms with E-state index in [1.807, 2.05) is 4.90 Å². The molecule has 102 valence electrons. The van der Waals surface area contributed by atoms with E-state index in [2.05, 4.69) is 0 Å². The number of rotatable bonds is 4. The van der Waals surface area contributed by atoms with Crippen LogP contribution in [0.25, 0.3) is 0 Å². The summed E-state index contributed by atoms with van der Waals surface area (Å²) in [7, 11) is 0. The molecule has 1 heterocycles. The molecule has 1 aliphatic heterocycles. The molecule has 0 radical (unpaired) electrons. The first-order valence-electron chi connectivity index (χ1n) is 5.94. The third-order valence-electron chi connectivity index (χ3n) is 3.33. The smallest absolute Gasteiger partial charge is 0.342 e. The number of aromatic carboxylic acids is 1. The molecular formula is C12H14N2O5. The van der Waals surface area contributed by atoms with E-state index in [9.17, 15) is 20.0 Å². The van der Waals surface area contributed by atoms with Gasteiger partial charge in [0.2, 0.25) is 0 Å². The molecule has 7 heteroatoms. The Morgan fingerprint density at radius 1 is 1.53 bits per heavy atom. The number of hydrogen-bond donors (Lipinski definition) is 2. The van der Waals surface area contributed by atoms with Crippen molar-refractivity contribution in [2.24, 2.45) is 0 Å². The summed E-state index contributed by atoms with van der Waals surface area (Å²) in [5.41, 5.74) is -0.151. The van der Waals surface area contributed by atoms with E-state index in [0.717, 1.165) is 12.8 Å². The fraction of sp³-hybridized carbons (Fsp3) is 0.417. The highest BCUT2D eigenvalue weighted by Gasteiger charge is 2.27. The molecule has 0 bridgehead atoms. The van der Waals surface area contributed by atoms with E-state index >= 15 is 0 Å². The van der Waals surface area contributed by atoms with E-state index in [1.165, 1.54) is 18.2 Å². The van der Waals surface area contributed by atoms with Crippen LogP contribution in [0.15, 0.2) is 18.2 Å². The number of hydrogen-bond acceptors (Lipinski definition) is 5. The molecule has 1 unspecified atom stereocenters. The first-order valence-corrected chi connectivity index (χ1v) is 5.94. The molecule has 1 aromatic rings. The summed E-state index contributed by atoms with van der Waals surface area (Å²) in [4.78, 5) is 23.0. The molecule has 7 nitrogen and oxygen atoms in total. The Kier molecular flexibility index (Phi) is 3.66. The summed E-state index contributed by atoms with van der Waals surface area (Å²) in [6, 6.07) is 3.97. The highest BCUT2D eigenvalue weighted by atomic mass is 16.6. The van der Waals surface area contributed by atoms with Crippen molar-refractivity contribution in [2.75, 3.05) is 18.1 Å². The lowest BCUT2D eigenvalue weighted by molar-refractivity contribution is -0.385. The van der Waals surface area contributed by atoms with Crippen LogP contribution in [0.1, 0.15) is 23.2 Å². The summed E-state index contributed by atoms with van der Waals surface area (Å²) in [5.74, 6) is -1.33. The molecule has 0 spiro atoms. The maximum atomic E-state index is 11.1. The summed E-state index contributed by atoms with van der Waals surface area (Å²) in [5, 5.41) is 29.1. The number of benzene rings is 1. The molecule has 2 N–H and O–H groups in total. The number of anilines is 1. The van der Waals surface area contributed by atoms with E-state index in [1.54, 1.807) is 0 Å². The molecule has 1 saturated heterocycles. The SMILES string of the molecule is O=C(O)c1cc(N2CCCC2CO)ccc1[N+](=O)[O-]. The molecule has 1 aliphatic rings. The zero-order valence-electron chi connectivity index (χ0n) is 10.2. The zero-order chi connectivity index (χ0) is 14.0. The number of nitro groups is 1. The van der Waals surface area contributed by atoms with Crippen molar-refractivity contribution in [3.05, 3.63) is 33.9 Å². The van der Waals surface area contributed by atoms with Crippen molar-refractivity contribution in [1.82, 2.24) is 0 Å². The topological polar surface area (TPSA) is 104 Å². The summed E-state index contributed by atoms with van der Waals surface area (Å²) in [6.07, 6.45) is 1.74. The van der Waals surface area contributed by atoms with Gasteiger partial charge >= 0.3 is 5.97 Å². The van der Waals surface area contributed by atoms with E-state index < -0.39 is 16.6 Å². The third kappa shape index (κ3) is 2.50. The number of carboxylic acids is 1. The van der Waals surface area contributed by atoms with Gasteiger partial charge in [0.1, 0.15) is 5.56 Å². The standard InChI is InChI=1S/C12H14N2O5/c15-7-9-2-1-5-13(9)8-3-4-11(14(18)19)10(6-8)12(16)17/h3-4,6,9,15H,1-2,5,7H2,(H,16,17). The minimum absolute atomic E-state index is 0.0145. The minimum Gasteiger partial charge on any atom is -0.477 e. The minimum atomic E-state index is -1.33. The van der Waals surface area contributed by atoms with Crippen LogP contribution in [0.3, 0.4) is 0 Å². The quantitative estimate of drug-likeness (QED) is 0.628. The average Bonchev–Trinajstić information content (AvgIpc) is 2.86. The molecule has 2 rings (SSSR count). The zero-order valence-corrected chi connectivity index (χ0v) is 10.2. The van der Waals surface area contributed by atoms with Crippen LogP contribution in [0.2, 0.25) is 0 Å². The first kappa shape index (κ1) is 13.3. The van der Waals surface area contributed by atoms with Gasteiger partial charge in [-0.05, 0) is 25.0 Å². The van der Waals surface area contributed by atoms with Gasteiger partial charge in [-0.2, -0.15) is 0 Å². The Bertz CT molecular complexity index is 517. The van der Waals surface area contributed by atoms with Crippen molar-refractivity contribution in [1.29, 1.82) is 0 Å². The van der Waals surface area contributed by atoms with Crippen molar-refractivity contribution < 1.29 is 19.9 Å². The fourth-order valence-electron chi connectivity index (χ4n) is 2.40. The van der Waals surface area contributed by atoms with Gasteiger partial charge in [-0.15, -0.1) is 0 Å². The predicted molar refractivity (Wildman–Crippen MR) is 67.5 cm³/mol. The van der Waals surface area contributed by atoms with Crippen LogP contribution in [0, 0.1) is 10.1 Å². The molecule has 0 aliphatic carbocycles. The van der Waals surface area contributed by atoms with Crippen LogP contribution in [0.5, 0.6) is 0 Å². The molecular weight excluding hydrogens is 252 g/mol. The Morgan fingerprint density at radius 2 is 2.26 bits per heavy atom. The normalized spacial score (nSPS) is 18.6. The van der Waals surface area contributed by atoms with Crippen LogP contribution in [-0.4, -0.2) is 40.3 Å². The number of nitrogens with zero attached hydrogens (tertiary/aromatic N) is 2. The summed E-state index contributed by atoms with van der Waals surface area (Å²) < 4.78 is 0. The number of aliphatic hydroxyl groups excluding tert-OH is 1. The van der Waals surface area contributed by atoms with Gasteiger partial charge in [-0.25, -0.2) is 4.79 Å². The highest BCUT2D eigenvalue weighted by molar-refractivity contribution is 5.93. The van der Waals surface area contributed by atoms with Crippen molar-refractivity contribution in [2.45, 2.75) is 18.9 Å². The Morgan fingerprint density at radius 3 is 2.84 bits per heavy atom. The maximum absolute atomic E-state index is 11.1. The maximum Gasteiger partial charge on any atom is 0.342 e. The monoisotopic (exact) mass is 266 g/mol. The molecule has 0 saturated carbocycles. The third-order valence-corrected chi connectivity index (χ3v) is 3.33. The van der Waals surface area contributed by atoms with Gasteiger partial charge in [0, 0.05) is 18.3 Å². The molecule has 0 amide bonds.